The quantitative estimate of drug-likeness (QED) is 0.761. The van der Waals surface area contributed by atoms with Gasteiger partial charge in [-0.05, 0) is 12.1 Å². The normalized spacial score (nSPS) is 10.1. The van der Waals surface area contributed by atoms with Gasteiger partial charge in [0.1, 0.15) is 12.1 Å². The average Bonchev–Trinajstić information content (AvgIpc) is 2.82. The number of hydrogen-bond acceptors (Lipinski definition) is 6. The van der Waals surface area contributed by atoms with Crippen LogP contribution in [0, 0.1) is 0 Å². The van der Waals surface area contributed by atoms with Gasteiger partial charge in [-0.25, -0.2) is 4.98 Å². The van der Waals surface area contributed by atoms with Crippen LogP contribution in [-0.2, 0) is 13.6 Å². The smallest absolute Gasteiger partial charge is 0.271 e. The lowest BCUT2D eigenvalue weighted by molar-refractivity contribution is 0.0957. The number of aryl methyl sites for hydroxylation is 1. The molecular formula is C10H13N7O. The first kappa shape index (κ1) is 12.0. The second kappa shape index (κ2) is 5.21. The van der Waals surface area contributed by atoms with Crippen LogP contribution >= 0.6 is 0 Å². The van der Waals surface area contributed by atoms with E-state index in [-0.39, 0.29) is 11.6 Å². The van der Waals surface area contributed by atoms with Crippen molar-refractivity contribution in [2.24, 2.45) is 7.05 Å². The molecule has 0 aliphatic heterocycles. The van der Waals surface area contributed by atoms with E-state index in [2.05, 4.69) is 30.9 Å². The van der Waals surface area contributed by atoms with E-state index in [0.717, 1.165) is 0 Å². The topological polar surface area (TPSA) is 97.6 Å². The summed E-state index contributed by atoms with van der Waals surface area (Å²) in [4.78, 5) is 15.3. The third-order valence-corrected chi connectivity index (χ3v) is 2.20. The molecular weight excluding hydrogens is 234 g/mol. The second-order valence-corrected chi connectivity index (χ2v) is 3.57. The maximum Gasteiger partial charge on any atom is 0.271 e. The van der Waals surface area contributed by atoms with Crippen LogP contribution in [0.5, 0.6) is 0 Å². The Balaban J connectivity index is 1.96. The molecule has 0 aliphatic carbocycles. The summed E-state index contributed by atoms with van der Waals surface area (Å²) in [5.41, 5.74) is 0.277. The molecule has 8 heteroatoms. The summed E-state index contributed by atoms with van der Waals surface area (Å²) in [7, 11) is 3.34. The highest BCUT2D eigenvalue weighted by molar-refractivity contribution is 5.91. The van der Waals surface area contributed by atoms with E-state index in [1.165, 1.54) is 0 Å². The predicted molar refractivity (Wildman–Crippen MR) is 63.8 cm³/mol. The van der Waals surface area contributed by atoms with Crippen LogP contribution in [0.25, 0.3) is 0 Å². The fourth-order valence-electron chi connectivity index (χ4n) is 1.31. The van der Waals surface area contributed by atoms with Gasteiger partial charge >= 0.3 is 0 Å². The van der Waals surface area contributed by atoms with Gasteiger partial charge in [-0.15, -0.1) is 10.2 Å². The Kier molecular flexibility index (Phi) is 3.46. The van der Waals surface area contributed by atoms with Gasteiger partial charge in [0.25, 0.3) is 5.91 Å². The van der Waals surface area contributed by atoms with Crippen molar-refractivity contribution in [2.75, 3.05) is 12.4 Å². The minimum atomic E-state index is -0.263. The maximum absolute atomic E-state index is 11.3. The highest BCUT2D eigenvalue weighted by Crippen LogP contribution is 2.03. The number of nitrogens with one attached hydrogen (secondary N) is 2. The number of carbonyl (C=O) groups is 1. The van der Waals surface area contributed by atoms with Gasteiger partial charge in [0, 0.05) is 14.1 Å². The Labute approximate surface area is 103 Å². The Morgan fingerprint density at radius 2 is 2.22 bits per heavy atom. The van der Waals surface area contributed by atoms with Crippen molar-refractivity contribution in [3.63, 3.8) is 0 Å². The van der Waals surface area contributed by atoms with Crippen LogP contribution in [0.2, 0.25) is 0 Å². The van der Waals surface area contributed by atoms with Gasteiger partial charge in [0.2, 0.25) is 0 Å². The zero-order valence-corrected chi connectivity index (χ0v) is 10.1. The molecule has 2 N–H and O–H groups in total. The van der Waals surface area contributed by atoms with Crippen molar-refractivity contribution >= 4 is 11.7 Å². The molecule has 0 bridgehead atoms. The molecule has 18 heavy (non-hydrogen) atoms. The van der Waals surface area contributed by atoms with Crippen molar-refractivity contribution in [1.29, 1.82) is 0 Å². The maximum atomic E-state index is 11.3. The Hall–Kier alpha value is -2.51. The second-order valence-electron chi connectivity index (χ2n) is 3.57. The largest absolute Gasteiger partial charge is 0.361 e. The molecule has 94 valence electrons. The summed E-state index contributed by atoms with van der Waals surface area (Å²) in [5.74, 6) is 0.963. The van der Waals surface area contributed by atoms with Crippen molar-refractivity contribution in [2.45, 2.75) is 6.54 Å². The van der Waals surface area contributed by atoms with E-state index < -0.39 is 0 Å². The van der Waals surface area contributed by atoms with Crippen molar-refractivity contribution in [3.8, 4) is 0 Å². The molecule has 1 amide bonds. The molecule has 0 saturated heterocycles. The van der Waals surface area contributed by atoms with Crippen LogP contribution in [0.4, 0.5) is 5.82 Å². The first-order chi connectivity index (χ1) is 8.69. The van der Waals surface area contributed by atoms with Crippen LogP contribution in [-0.4, -0.2) is 37.9 Å². The molecule has 2 aromatic heterocycles. The highest BCUT2D eigenvalue weighted by atomic mass is 16.1. The summed E-state index contributed by atoms with van der Waals surface area (Å²) in [6, 6.07) is 3.28. The fourth-order valence-corrected chi connectivity index (χ4v) is 1.31. The average molecular weight is 247 g/mol. The summed E-state index contributed by atoms with van der Waals surface area (Å²) < 4.78 is 1.62. The first-order valence-electron chi connectivity index (χ1n) is 5.33. The Morgan fingerprint density at radius 3 is 2.78 bits per heavy atom. The third-order valence-electron chi connectivity index (χ3n) is 2.20. The van der Waals surface area contributed by atoms with Gasteiger partial charge in [-0.2, -0.15) is 5.10 Å². The molecule has 8 nitrogen and oxygen atoms in total. The molecule has 0 radical (unpaired) electrons. The highest BCUT2D eigenvalue weighted by Gasteiger charge is 2.05. The van der Waals surface area contributed by atoms with E-state index >= 15 is 0 Å². The Bertz CT molecular complexity index is 533. The number of hydrogen-bond donors (Lipinski definition) is 2. The van der Waals surface area contributed by atoms with Gasteiger partial charge in [0.15, 0.2) is 11.5 Å². The van der Waals surface area contributed by atoms with Crippen molar-refractivity contribution in [1.82, 2.24) is 30.3 Å². The molecule has 0 aromatic carbocycles. The minimum Gasteiger partial charge on any atom is -0.361 e. The lowest BCUT2D eigenvalue weighted by Gasteiger charge is -2.02. The minimum absolute atomic E-state index is 0.263. The number of aromatic nitrogens is 5. The van der Waals surface area contributed by atoms with E-state index in [9.17, 15) is 4.79 Å². The fraction of sp³-hybridized carbons (Fsp3) is 0.300. The summed E-state index contributed by atoms with van der Waals surface area (Å²) in [6.07, 6.45) is 1.62. The molecule has 0 saturated carbocycles. The molecule has 0 atom stereocenters. The van der Waals surface area contributed by atoms with Crippen LogP contribution < -0.4 is 10.6 Å². The lowest BCUT2D eigenvalue weighted by Crippen LogP contribution is -2.19. The van der Waals surface area contributed by atoms with Gasteiger partial charge in [-0.3, -0.25) is 9.48 Å². The zero-order chi connectivity index (χ0) is 13.0. The summed E-state index contributed by atoms with van der Waals surface area (Å²) in [5, 5.41) is 17.3. The number of anilines is 1. The number of rotatable bonds is 4. The van der Waals surface area contributed by atoms with Crippen LogP contribution in [0.3, 0.4) is 0 Å². The van der Waals surface area contributed by atoms with Gasteiger partial charge in [-0.1, -0.05) is 0 Å². The van der Waals surface area contributed by atoms with E-state index in [4.69, 9.17) is 0 Å². The van der Waals surface area contributed by atoms with Crippen molar-refractivity contribution < 1.29 is 4.79 Å². The van der Waals surface area contributed by atoms with E-state index in [1.54, 1.807) is 37.2 Å². The zero-order valence-electron chi connectivity index (χ0n) is 10.1. The number of nitrogens with zero attached hydrogens (tertiary/aromatic N) is 5. The molecule has 0 aliphatic rings. The SMILES string of the molecule is CNC(=O)c1ccc(NCc2ncn(C)n2)nn1. The summed E-state index contributed by atoms with van der Waals surface area (Å²) >= 11 is 0. The standard InChI is InChI=1S/C10H13N7O/c1-11-10(18)7-3-4-8(15-14-7)12-5-9-13-6-17(2)16-9/h3-4,6H,5H2,1-2H3,(H,11,18)(H,12,15). The molecule has 0 unspecified atom stereocenters. The predicted octanol–water partition coefficient (Wildman–Crippen LogP) is -0.423. The molecule has 2 rings (SSSR count). The number of carbonyl (C=O) groups excluding carboxylic acids is 1. The lowest BCUT2D eigenvalue weighted by atomic mass is 10.3. The van der Waals surface area contributed by atoms with E-state index in [0.29, 0.717) is 18.2 Å². The van der Waals surface area contributed by atoms with Crippen LogP contribution in [0.1, 0.15) is 16.3 Å². The molecule has 0 spiro atoms. The molecule has 2 aromatic rings. The summed E-state index contributed by atoms with van der Waals surface area (Å²) in [6.45, 7) is 0.453. The monoisotopic (exact) mass is 247 g/mol. The van der Waals surface area contributed by atoms with Gasteiger partial charge < -0.3 is 10.6 Å². The number of amides is 1. The molecule has 2 heterocycles. The van der Waals surface area contributed by atoms with E-state index in [1.807, 2.05) is 0 Å². The molecule has 0 fully saturated rings. The Morgan fingerprint density at radius 1 is 1.39 bits per heavy atom. The van der Waals surface area contributed by atoms with Crippen molar-refractivity contribution in [3.05, 3.63) is 30.0 Å². The van der Waals surface area contributed by atoms with Crippen LogP contribution in [0.15, 0.2) is 18.5 Å². The van der Waals surface area contributed by atoms with Gasteiger partial charge in [0.05, 0.1) is 6.54 Å². The first-order valence-corrected chi connectivity index (χ1v) is 5.33. The third kappa shape index (κ3) is 2.78.